The van der Waals surface area contributed by atoms with Crippen molar-refractivity contribution in [3.05, 3.63) is 65.7 Å². The minimum atomic E-state index is -0.234. The predicted molar refractivity (Wildman–Crippen MR) is 94.3 cm³/mol. The van der Waals surface area contributed by atoms with Crippen molar-refractivity contribution in [2.24, 2.45) is 5.92 Å². The molecule has 1 aliphatic carbocycles. The van der Waals surface area contributed by atoms with Gasteiger partial charge in [0, 0.05) is 11.7 Å². The van der Waals surface area contributed by atoms with Gasteiger partial charge in [0.05, 0.1) is 6.04 Å². The molecule has 0 radical (unpaired) electrons. The second kappa shape index (κ2) is 6.97. The molecule has 3 nitrogen and oxygen atoms in total. The average Bonchev–Trinajstić information content (AvgIpc) is 3.39. The Hall–Kier alpha value is -2.13. The van der Waals surface area contributed by atoms with Gasteiger partial charge in [-0.3, -0.25) is 10.1 Å². The van der Waals surface area contributed by atoms with Crippen molar-refractivity contribution >= 4 is 11.6 Å². The fourth-order valence-electron chi connectivity index (χ4n) is 2.82. The minimum absolute atomic E-state index is 0.00830. The zero-order valence-electron chi connectivity index (χ0n) is 13.8. The minimum Gasteiger partial charge on any atom is -0.325 e. The van der Waals surface area contributed by atoms with Gasteiger partial charge in [-0.1, -0.05) is 48.0 Å². The molecule has 1 amide bonds. The molecular formula is C20H24N2O. The van der Waals surface area contributed by atoms with Gasteiger partial charge in [0.25, 0.3) is 0 Å². The van der Waals surface area contributed by atoms with E-state index in [1.54, 1.807) is 0 Å². The van der Waals surface area contributed by atoms with E-state index >= 15 is 0 Å². The molecule has 2 aromatic rings. The van der Waals surface area contributed by atoms with Gasteiger partial charge in [-0.05, 0) is 50.3 Å². The van der Waals surface area contributed by atoms with Crippen LogP contribution in [0.15, 0.2) is 54.6 Å². The van der Waals surface area contributed by atoms with Gasteiger partial charge in [-0.25, -0.2) is 0 Å². The van der Waals surface area contributed by atoms with Crippen LogP contribution in [0.1, 0.15) is 36.9 Å². The van der Waals surface area contributed by atoms with Crippen LogP contribution in [-0.2, 0) is 4.79 Å². The third kappa shape index (κ3) is 4.20. The molecule has 1 aliphatic rings. The second-order valence-corrected chi connectivity index (χ2v) is 6.47. The molecule has 0 aromatic heterocycles. The van der Waals surface area contributed by atoms with Crippen LogP contribution in [0.5, 0.6) is 0 Å². The summed E-state index contributed by atoms with van der Waals surface area (Å²) in [6.45, 7) is 4.03. The number of anilines is 1. The van der Waals surface area contributed by atoms with Gasteiger partial charge >= 0.3 is 0 Å². The molecule has 1 fully saturated rings. The van der Waals surface area contributed by atoms with Crippen LogP contribution < -0.4 is 10.6 Å². The molecule has 23 heavy (non-hydrogen) atoms. The third-order valence-corrected chi connectivity index (χ3v) is 4.39. The van der Waals surface area contributed by atoms with Gasteiger partial charge in [0.15, 0.2) is 0 Å². The molecule has 2 atom stereocenters. The highest BCUT2D eigenvalue weighted by atomic mass is 16.2. The van der Waals surface area contributed by atoms with Crippen molar-refractivity contribution in [2.75, 3.05) is 5.32 Å². The Labute approximate surface area is 138 Å². The second-order valence-electron chi connectivity index (χ2n) is 6.47. The summed E-state index contributed by atoms with van der Waals surface area (Å²) in [5, 5.41) is 6.49. The van der Waals surface area contributed by atoms with Crippen LogP contribution in [0.4, 0.5) is 5.69 Å². The molecule has 3 rings (SSSR count). The Morgan fingerprint density at radius 1 is 1.04 bits per heavy atom. The topological polar surface area (TPSA) is 41.1 Å². The lowest BCUT2D eigenvalue weighted by molar-refractivity contribution is -0.118. The lowest BCUT2D eigenvalue weighted by atomic mass is 10.00. The summed E-state index contributed by atoms with van der Waals surface area (Å²) in [6, 6.07) is 18.3. The highest BCUT2D eigenvalue weighted by Gasteiger charge is 2.33. The van der Waals surface area contributed by atoms with E-state index < -0.39 is 0 Å². The molecule has 2 N–H and O–H groups in total. The summed E-state index contributed by atoms with van der Waals surface area (Å²) < 4.78 is 0. The predicted octanol–water partition coefficient (Wildman–Crippen LogP) is 4.06. The Morgan fingerprint density at radius 2 is 1.70 bits per heavy atom. The number of amides is 1. The molecule has 120 valence electrons. The number of hydrogen-bond acceptors (Lipinski definition) is 2. The van der Waals surface area contributed by atoms with Gasteiger partial charge in [0.2, 0.25) is 5.91 Å². The maximum absolute atomic E-state index is 12.4. The van der Waals surface area contributed by atoms with Crippen LogP contribution in [-0.4, -0.2) is 11.9 Å². The molecule has 0 aliphatic heterocycles. The Kier molecular flexibility index (Phi) is 4.77. The quantitative estimate of drug-likeness (QED) is 0.845. The first-order chi connectivity index (χ1) is 11.1. The van der Waals surface area contributed by atoms with E-state index in [9.17, 15) is 4.79 Å². The Balaban J connectivity index is 1.65. The monoisotopic (exact) mass is 308 g/mol. The molecule has 0 heterocycles. The van der Waals surface area contributed by atoms with Crippen molar-refractivity contribution < 1.29 is 4.79 Å². The van der Waals surface area contributed by atoms with Crippen LogP contribution in [0.2, 0.25) is 0 Å². The first-order valence-corrected chi connectivity index (χ1v) is 8.32. The molecule has 0 saturated heterocycles. The Morgan fingerprint density at radius 3 is 2.30 bits per heavy atom. The van der Waals surface area contributed by atoms with Crippen LogP contribution in [0.25, 0.3) is 0 Å². The maximum Gasteiger partial charge on any atom is 0.241 e. The molecule has 3 heteroatoms. The molecule has 0 bridgehead atoms. The van der Waals surface area contributed by atoms with Crippen molar-refractivity contribution in [1.82, 2.24) is 5.32 Å². The van der Waals surface area contributed by atoms with Gasteiger partial charge in [0.1, 0.15) is 0 Å². The van der Waals surface area contributed by atoms with E-state index in [-0.39, 0.29) is 18.0 Å². The Bertz CT molecular complexity index is 647. The maximum atomic E-state index is 12.4. The molecule has 0 spiro atoms. The zero-order valence-corrected chi connectivity index (χ0v) is 13.8. The lowest BCUT2D eigenvalue weighted by Gasteiger charge is -2.23. The smallest absolute Gasteiger partial charge is 0.241 e. The molecule has 1 saturated carbocycles. The molecule has 2 aromatic carbocycles. The number of benzene rings is 2. The first-order valence-electron chi connectivity index (χ1n) is 8.32. The number of carbonyl (C=O) groups excluding carboxylic acids is 1. The summed E-state index contributed by atoms with van der Waals surface area (Å²) in [5.74, 6) is 0.652. The van der Waals surface area contributed by atoms with Crippen molar-refractivity contribution in [3.63, 3.8) is 0 Å². The number of hydrogen-bond donors (Lipinski definition) is 2. The van der Waals surface area contributed by atoms with E-state index in [1.165, 1.54) is 24.0 Å². The number of aryl methyl sites for hydroxylation is 1. The SMILES string of the molecule is Cc1ccc([C@H](N[C@@H](C)C(=O)Nc2ccccc2)C2CC2)cc1. The van der Waals surface area contributed by atoms with Gasteiger partial charge in [-0.2, -0.15) is 0 Å². The van der Waals surface area contributed by atoms with Crippen LogP contribution in [0.3, 0.4) is 0 Å². The van der Waals surface area contributed by atoms with E-state index in [0.29, 0.717) is 5.92 Å². The lowest BCUT2D eigenvalue weighted by Crippen LogP contribution is -2.40. The summed E-state index contributed by atoms with van der Waals surface area (Å²) in [5.41, 5.74) is 3.38. The summed E-state index contributed by atoms with van der Waals surface area (Å²) in [7, 11) is 0. The fourth-order valence-corrected chi connectivity index (χ4v) is 2.82. The summed E-state index contributed by atoms with van der Waals surface area (Å²) in [4.78, 5) is 12.4. The van der Waals surface area contributed by atoms with E-state index in [4.69, 9.17) is 0 Å². The van der Waals surface area contributed by atoms with Crippen LogP contribution >= 0.6 is 0 Å². The molecule has 0 unspecified atom stereocenters. The van der Waals surface area contributed by atoms with Crippen molar-refractivity contribution in [1.29, 1.82) is 0 Å². The third-order valence-electron chi connectivity index (χ3n) is 4.39. The zero-order chi connectivity index (χ0) is 16.2. The van der Waals surface area contributed by atoms with E-state index in [1.807, 2.05) is 37.3 Å². The fraction of sp³-hybridized carbons (Fsp3) is 0.350. The largest absolute Gasteiger partial charge is 0.325 e. The number of para-hydroxylation sites is 1. The van der Waals surface area contributed by atoms with Crippen LogP contribution in [0, 0.1) is 12.8 Å². The number of nitrogens with one attached hydrogen (secondary N) is 2. The van der Waals surface area contributed by atoms with E-state index in [2.05, 4.69) is 41.8 Å². The standard InChI is InChI=1S/C20H24N2O/c1-14-8-10-16(11-9-14)19(17-12-13-17)21-15(2)20(23)22-18-6-4-3-5-7-18/h3-11,15,17,19,21H,12-13H2,1-2H3,(H,22,23)/t15-,19-/m0/s1. The number of carbonyl (C=O) groups is 1. The highest BCUT2D eigenvalue weighted by molar-refractivity contribution is 5.94. The van der Waals surface area contributed by atoms with E-state index in [0.717, 1.165) is 5.69 Å². The molecular weight excluding hydrogens is 284 g/mol. The summed E-state index contributed by atoms with van der Waals surface area (Å²) in [6.07, 6.45) is 2.47. The number of rotatable bonds is 6. The van der Waals surface area contributed by atoms with Crippen molar-refractivity contribution in [3.8, 4) is 0 Å². The normalized spacial score (nSPS) is 16.6. The van der Waals surface area contributed by atoms with Crippen molar-refractivity contribution in [2.45, 2.75) is 38.8 Å². The average molecular weight is 308 g/mol. The summed E-state index contributed by atoms with van der Waals surface area (Å²) >= 11 is 0. The highest BCUT2D eigenvalue weighted by Crippen LogP contribution is 2.41. The van der Waals surface area contributed by atoms with Gasteiger partial charge < -0.3 is 5.32 Å². The first kappa shape index (κ1) is 15.8. The van der Waals surface area contributed by atoms with Gasteiger partial charge in [-0.15, -0.1) is 0 Å².